The topological polar surface area (TPSA) is 30.5 Å². The second-order valence-corrected chi connectivity index (χ2v) is 3.83. The number of hydrogen-bond donors (Lipinski definition) is 1. The monoisotopic (exact) mass is 241 g/mol. The quantitative estimate of drug-likeness (QED) is 0.768. The van der Waals surface area contributed by atoms with Gasteiger partial charge in [0.15, 0.2) is 0 Å². The van der Waals surface area contributed by atoms with Crippen molar-refractivity contribution in [2.45, 2.75) is 44.2 Å². The minimum Gasteiger partial charge on any atom is -0.375 e. The van der Waals surface area contributed by atoms with Crippen LogP contribution in [0.15, 0.2) is 0 Å². The molecule has 1 N–H and O–H groups in total. The summed E-state index contributed by atoms with van der Waals surface area (Å²) in [5.41, 5.74) is 0. The molecule has 0 saturated heterocycles. The third-order valence-electron chi connectivity index (χ3n) is 2.70. The highest BCUT2D eigenvalue weighted by molar-refractivity contribution is 4.96. The normalized spacial score (nSPS) is 30.2. The summed E-state index contributed by atoms with van der Waals surface area (Å²) in [6.45, 7) is 2.12. The average Bonchev–Trinajstić information content (AvgIpc) is 2.17. The maximum atomic E-state index is 11.9. The Balaban J connectivity index is 2.22. The molecule has 0 radical (unpaired) electrons. The summed E-state index contributed by atoms with van der Waals surface area (Å²) < 4.78 is 46.3. The molecule has 0 aromatic heterocycles. The zero-order chi connectivity index (χ0) is 12.2. The van der Waals surface area contributed by atoms with Crippen LogP contribution in [0.25, 0.3) is 0 Å². The number of hydrogen-bond acceptors (Lipinski definition) is 3. The molecule has 1 saturated carbocycles. The van der Waals surface area contributed by atoms with Crippen LogP contribution in [0, 0.1) is 0 Å². The molecule has 1 rings (SSSR count). The number of ether oxygens (including phenoxy) is 2. The zero-order valence-corrected chi connectivity index (χ0v) is 9.51. The van der Waals surface area contributed by atoms with Crippen LogP contribution in [0.3, 0.4) is 0 Å². The van der Waals surface area contributed by atoms with Crippen LogP contribution in [-0.2, 0) is 9.47 Å². The van der Waals surface area contributed by atoms with E-state index in [1.54, 1.807) is 0 Å². The standard InChI is InChI=1S/C10H18F3NO2/c1-3-15-9-7(14-2)6-8(9)16-5-4-10(11,12)13/h7-9,14H,3-6H2,1-2H3. The SMILES string of the molecule is CCOC1C(NC)CC1OCCC(F)(F)F. The van der Waals surface area contributed by atoms with Gasteiger partial charge in [-0.2, -0.15) is 13.2 Å². The van der Waals surface area contributed by atoms with Crippen LogP contribution >= 0.6 is 0 Å². The van der Waals surface area contributed by atoms with Gasteiger partial charge in [0.2, 0.25) is 0 Å². The molecule has 0 aromatic carbocycles. The molecule has 96 valence electrons. The van der Waals surface area contributed by atoms with Crippen molar-refractivity contribution in [1.29, 1.82) is 0 Å². The predicted molar refractivity (Wildman–Crippen MR) is 53.3 cm³/mol. The molecule has 0 aromatic rings. The Kier molecular flexibility index (Phi) is 5.01. The molecule has 3 nitrogen and oxygen atoms in total. The Morgan fingerprint density at radius 2 is 2.00 bits per heavy atom. The first-order valence-electron chi connectivity index (χ1n) is 5.45. The Morgan fingerprint density at radius 1 is 1.31 bits per heavy atom. The van der Waals surface area contributed by atoms with Crippen LogP contribution in [0.1, 0.15) is 19.8 Å². The highest BCUT2D eigenvalue weighted by atomic mass is 19.4. The van der Waals surface area contributed by atoms with Crippen molar-refractivity contribution in [2.24, 2.45) is 0 Å². The zero-order valence-electron chi connectivity index (χ0n) is 9.51. The number of likely N-dealkylation sites (N-methyl/N-ethyl adjacent to an activating group) is 1. The molecule has 0 amide bonds. The fourth-order valence-corrected chi connectivity index (χ4v) is 1.77. The molecule has 0 bridgehead atoms. The van der Waals surface area contributed by atoms with Crippen molar-refractivity contribution >= 4 is 0 Å². The third-order valence-corrected chi connectivity index (χ3v) is 2.70. The van der Waals surface area contributed by atoms with Gasteiger partial charge in [0.05, 0.1) is 25.2 Å². The smallest absolute Gasteiger partial charge is 0.375 e. The Labute approximate surface area is 93.3 Å². The molecule has 1 fully saturated rings. The third kappa shape index (κ3) is 3.92. The Hall–Kier alpha value is -0.330. The molecule has 16 heavy (non-hydrogen) atoms. The number of alkyl halides is 3. The molecule has 1 aliphatic rings. The highest BCUT2D eigenvalue weighted by Gasteiger charge is 2.42. The lowest BCUT2D eigenvalue weighted by molar-refractivity contribution is -0.177. The number of rotatable bonds is 6. The van der Waals surface area contributed by atoms with Crippen molar-refractivity contribution < 1.29 is 22.6 Å². The second-order valence-electron chi connectivity index (χ2n) is 3.83. The summed E-state index contributed by atoms with van der Waals surface area (Å²) >= 11 is 0. The summed E-state index contributed by atoms with van der Waals surface area (Å²) in [6.07, 6.45) is -4.67. The van der Waals surface area contributed by atoms with Crippen molar-refractivity contribution in [3.8, 4) is 0 Å². The van der Waals surface area contributed by atoms with Gasteiger partial charge in [-0.1, -0.05) is 0 Å². The first-order chi connectivity index (χ1) is 7.48. The van der Waals surface area contributed by atoms with E-state index in [1.165, 1.54) is 0 Å². The van der Waals surface area contributed by atoms with E-state index < -0.39 is 12.6 Å². The van der Waals surface area contributed by atoms with Crippen LogP contribution in [0.4, 0.5) is 13.2 Å². The van der Waals surface area contributed by atoms with Gasteiger partial charge < -0.3 is 14.8 Å². The lowest BCUT2D eigenvalue weighted by Crippen LogP contribution is -2.59. The van der Waals surface area contributed by atoms with E-state index in [1.807, 2.05) is 14.0 Å². The fourth-order valence-electron chi connectivity index (χ4n) is 1.77. The summed E-state index contributed by atoms with van der Waals surface area (Å²) in [5, 5.41) is 3.05. The summed E-state index contributed by atoms with van der Waals surface area (Å²) in [7, 11) is 1.81. The molecule has 3 atom stereocenters. The van der Waals surface area contributed by atoms with Crippen molar-refractivity contribution in [3.63, 3.8) is 0 Å². The maximum absolute atomic E-state index is 11.9. The highest BCUT2D eigenvalue weighted by Crippen LogP contribution is 2.28. The Bertz CT molecular complexity index is 211. The first-order valence-corrected chi connectivity index (χ1v) is 5.45. The van der Waals surface area contributed by atoms with Crippen LogP contribution in [-0.4, -0.2) is 44.7 Å². The molecular formula is C10H18F3NO2. The lowest BCUT2D eigenvalue weighted by Gasteiger charge is -2.43. The van der Waals surface area contributed by atoms with Gasteiger partial charge in [0, 0.05) is 12.6 Å². The average molecular weight is 241 g/mol. The molecule has 0 heterocycles. The van der Waals surface area contributed by atoms with E-state index in [2.05, 4.69) is 5.32 Å². The lowest BCUT2D eigenvalue weighted by atomic mass is 9.85. The van der Waals surface area contributed by atoms with E-state index in [0.29, 0.717) is 13.0 Å². The molecule has 6 heteroatoms. The fraction of sp³-hybridized carbons (Fsp3) is 1.00. The van der Waals surface area contributed by atoms with Gasteiger partial charge in [0.25, 0.3) is 0 Å². The Morgan fingerprint density at radius 3 is 2.50 bits per heavy atom. The summed E-state index contributed by atoms with van der Waals surface area (Å²) in [5.74, 6) is 0. The van der Waals surface area contributed by atoms with Crippen molar-refractivity contribution in [3.05, 3.63) is 0 Å². The number of halogens is 3. The molecular weight excluding hydrogens is 223 g/mol. The van der Waals surface area contributed by atoms with Gasteiger partial charge in [-0.25, -0.2) is 0 Å². The van der Waals surface area contributed by atoms with Crippen LogP contribution in [0.5, 0.6) is 0 Å². The number of nitrogens with one attached hydrogen (secondary N) is 1. The maximum Gasteiger partial charge on any atom is 0.391 e. The van der Waals surface area contributed by atoms with Gasteiger partial charge in [0.1, 0.15) is 0 Å². The van der Waals surface area contributed by atoms with Gasteiger partial charge in [-0.05, 0) is 20.4 Å². The van der Waals surface area contributed by atoms with Crippen molar-refractivity contribution in [2.75, 3.05) is 20.3 Å². The first kappa shape index (κ1) is 13.7. The molecule has 1 aliphatic carbocycles. The predicted octanol–water partition coefficient (Wildman–Crippen LogP) is 1.72. The van der Waals surface area contributed by atoms with E-state index in [4.69, 9.17) is 9.47 Å². The van der Waals surface area contributed by atoms with E-state index in [-0.39, 0.29) is 24.9 Å². The van der Waals surface area contributed by atoms with E-state index in [0.717, 1.165) is 0 Å². The van der Waals surface area contributed by atoms with E-state index >= 15 is 0 Å². The van der Waals surface area contributed by atoms with Gasteiger partial charge in [-0.3, -0.25) is 0 Å². The molecule has 3 unspecified atom stereocenters. The van der Waals surface area contributed by atoms with Gasteiger partial charge in [-0.15, -0.1) is 0 Å². The summed E-state index contributed by atoms with van der Waals surface area (Å²) in [4.78, 5) is 0. The van der Waals surface area contributed by atoms with Gasteiger partial charge >= 0.3 is 6.18 Å². The molecule has 0 aliphatic heterocycles. The second kappa shape index (κ2) is 5.84. The van der Waals surface area contributed by atoms with Crippen molar-refractivity contribution in [1.82, 2.24) is 5.32 Å². The largest absolute Gasteiger partial charge is 0.391 e. The molecule has 0 spiro atoms. The van der Waals surface area contributed by atoms with E-state index in [9.17, 15) is 13.2 Å². The van der Waals surface area contributed by atoms with Crippen LogP contribution in [0.2, 0.25) is 0 Å². The minimum atomic E-state index is -4.15. The van der Waals surface area contributed by atoms with Crippen LogP contribution < -0.4 is 5.32 Å². The summed E-state index contributed by atoms with van der Waals surface area (Å²) in [6, 6.07) is 0.191. The minimum absolute atomic E-state index is 0.122.